The van der Waals surface area contributed by atoms with Crippen LogP contribution in [0, 0.1) is 5.41 Å². The van der Waals surface area contributed by atoms with Crippen molar-refractivity contribution in [1.29, 1.82) is 0 Å². The molecule has 4 nitrogen and oxygen atoms in total. The van der Waals surface area contributed by atoms with Gasteiger partial charge in [-0.05, 0) is 31.1 Å². The zero-order chi connectivity index (χ0) is 13.8. The monoisotopic (exact) mass is 281 g/mol. The Balaban J connectivity index is 1.63. The van der Waals surface area contributed by atoms with Crippen LogP contribution in [0.15, 0.2) is 0 Å². The van der Waals surface area contributed by atoms with Crippen molar-refractivity contribution in [1.82, 2.24) is 4.90 Å². The number of hydrogen-bond donors (Lipinski definition) is 0. The van der Waals surface area contributed by atoms with Gasteiger partial charge < -0.3 is 14.4 Å². The van der Waals surface area contributed by atoms with E-state index in [1.54, 1.807) is 0 Å². The van der Waals surface area contributed by atoms with E-state index >= 15 is 0 Å². The highest BCUT2D eigenvalue weighted by molar-refractivity contribution is 5.81. The molecule has 2 saturated heterocycles. The molecule has 20 heavy (non-hydrogen) atoms. The molecule has 1 spiro atoms. The molecular formula is C16H27NO3. The van der Waals surface area contributed by atoms with E-state index in [1.165, 1.54) is 44.9 Å². The third-order valence-corrected chi connectivity index (χ3v) is 5.23. The van der Waals surface area contributed by atoms with Crippen LogP contribution in [0.3, 0.4) is 0 Å². The number of carbonyl (C=O) groups excluding carboxylic acids is 1. The first kappa shape index (κ1) is 14.3. The van der Waals surface area contributed by atoms with Crippen molar-refractivity contribution in [3.8, 4) is 0 Å². The van der Waals surface area contributed by atoms with Crippen molar-refractivity contribution in [2.45, 2.75) is 57.5 Å². The molecule has 1 atom stereocenters. The summed E-state index contributed by atoms with van der Waals surface area (Å²) in [6, 6.07) is 0. The maximum atomic E-state index is 12.6. The first-order valence-electron chi connectivity index (χ1n) is 8.27. The SMILES string of the molecule is O=C([C@H]1COCCO1)N1CCCC2(CCCCCC2)C1. The highest BCUT2D eigenvalue weighted by atomic mass is 16.6. The summed E-state index contributed by atoms with van der Waals surface area (Å²) in [5, 5.41) is 0. The van der Waals surface area contributed by atoms with Crippen molar-refractivity contribution < 1.29 is 14.3 Å². The van der Waals surface area contributed by atoms with Gasteiger partial charge in [-0.1, -0.05) is 25.7 Å². The van der Waals surface area contributed by atoms with Crippen LogP contribution in [0.5, 0.6) is 0 Å². The number of amides is 1. The Morgan fingerprint density at radius 2 is 1.75 bits per heavy atom. The lowest BCUT2D eigenvalue weighted by molar-refractivity contribution is -0.161. The van der Waals surface area contributed by atoms with Crippen LogP contribution in [0.4, 0.5) is 0 Å². The Labute approximate surface area is 121 Å². The smallest absolute Gasteiger partial charge is 0.254 e. The van der Waals surface area contributed by atoms with Crippen molar-refractivity contribution in [3.05, 3.63) is 0 Å². The van der Waals surface area contributed by atoms with E-state index in [-0.39, 0.29) is 12.0 Å². The Bertz CT molecular complexity index is 331. The van der Waals surface area contributed by atoms with Crippen LogP contribution >= 0.6 is 0 Å². The van der Waals surface area contributed by atoms with Crippen LogP contribution in [-0.2, 0) is 14.3 Å². The number of hydrogen-bond acceptors (Lipinski definition) is 3. The second-order valence-electron chi connectivity index (χ2n) is 6.71. The fourth-order valence-electron chi connectivity index (χ4n) is 4.12. The van der Waals surface area contributed by atoms with Gasteiger partial charge in [0.05, 0.1) is 19.8 Å². The minimum absolute atomic E-state index is 0.160. The van der Waals surface area contributed by atoms with Crippen LogP contribution < -0.4 is 0 Å². The Hall–Kier alpha value is -0.610. The average Bonchev–Trinajstić information content (AvgIpc) is 2.73. The van der Waals surface area contributed by atoms with E-state index in [1.807, 2.05) is 0 Å². The molecule has 0 unspecified atom stereocenters. The summed E-state index contributed by atoms with van der Waals surface area (Å²) in [5.41, 5.74) is 0.403. The molecule has 2 aliphatic heterocycles. The van der Waals surface area contributed by atoms with Gasteiger partial charge in [0.1, 0.15) is 0 Å². The minimum Gasteiger partial charge on any atom is -0.376 e. The van der Waals surface area contributed by atoms with Crippen molar-refractivity contribution in [3.63, 3.8) is 0 Å². The van der Waals surface area contributed by atoms with Gasteiger partial charge in [-0.3, -0.25) is 4.79 Å². The second kappa shape index (κ2) is 6.44. The number of nitrogens with zero attached hydrogens (tertiary/aromatic N) is 1. The molecule has 0 aromatic carbocycles. The minimum atomic E-state index is -0.357. The molecule has 1 aliphatic carbocycles. The molecule has 0 radical (unpaired) electrons. The molecule has 114 valence electrons. The summed E-state index contributed by atoms with van der Waals surface area (Å²) in [6.07, 6.45) is 10.1. The number of ether oxygens (including phenoxy) is 2. The van der Waals surface area contributed by atoms with Crippen LogP contribution in [0.2, 0.25) is 0 Å². The standard InChI is InChI=1S/C16H27NO3/c18-15(14-12-19-10-11-20-14)17-9-5-8-16(13-17)6-3-1-2-4-7-16/h14H,1-13H2/t14-/m1/s1. The first-order chi connectivity index (χ1) is 9.79. The van der Waals surface area contributed by atoms with Crippen LogP contribution in [0.25, 0.3) is 0 Å². The van der Waals surface area contributed by atoms with E-state index in [2.05, 4.69) is 4.90 Å². The number of rotatable bonds is 1. The van der Waals surface area contributed by atoms with Crippen LogP contribution in [-0.4, -0.2) is 49.8 Å². The van der Waals surface area contributed by atoms with Gasteiger partial charge in [0.25, 0.3) is 5.91 Å². The third-order valence-electron chi connectivity index (χ3n) is 5.23. The predicted molar refractivity (Wildman–Crippen MR) is 76.5 cm³/mol. The average molecular weight is 281 g/mol. The fourth-order valence-corrected chi connectivity index (χ4v) is 4.12. The molecule has 1 saturated carbocycles. The van der Waals surface area contributed by atoms with Gasteiger partial charge in [-0.25, -0.2) is 0 Å². The predicted octanol–water partition coefficient (Wildman–Crippen LogP) is 2.36. The highest BCUT2D eigenvalue weighted by Crippen LogP contribution is 2.42. The lowest BCUT2D eigenvalue weighted by atomic mass is 9.74. The quantitative estimate of drug-likeness (QED) is 0.740. The molecule has 0 N–H and O–H groups in total. The zero-order valence-corrected chi connectivity index (χ0v) is 12.4. The second-order valence-corrected chi connectivity index (χ2v) is 6.71. The molecule has 0 aromatic rings. The maximum Gasteiger partial charge on any atom is 0.254 e. The Kier molecular flexibility index (Phi) is 4.61. The molecule has 2 heterocycles. The fraction of sp³-hybridized carbons (Fsp3) is 0.938. The summed E-state index contributed by atoms with van der Waals surface area (Å²) in [6.45, 7) is 3.46. The van der Waals surface area contributed by atoms with E-state index in [4.69, 9.17) is 9.47 Å². The summed E-state index contributed by atoms with van der Waals surface area (Å²) >= 11 is 0. The lowest BCUT2D eigenvalue weighted by Crippen LogP contribution is -2.51. The Morgan fingerprint density at radius 3 is 2.45 bits per heavy atom. The van der Waals surface area contributed by atoms with Crippen molar-refractivity contribution in [2.24, 2.45) is 5.41 Å². The molecule has 3 rings (SSSR count). The molecule has 1 amide bonds. The van der Waals surface area contributed by atoms with E-state index in [9.17, 15) is 4.79 Å². The number of carbonyl (C=O) groups is 1. The molecule has 4 heteroatoms. The third kappa shape index (κ3) is 3.17. The number of likely N-dealkylation sites (tertiary alicyclic amines) is 1. The maximum absolute atomic E-state index is 12.6. The molecular weight excluding hydrogens is 254 g/mol. The highest BCUT2D eigenvalue weighted by Gasteiger charge is 2.39. The van der Waals surface area contributed by atoms with Gasteiger partial charge in [-0.2, -0.15) is 0 Å². The topological polar surface area (TPSA) is 38.8 Å². The van der Waals surface area contributed by atoms with Crippen LogP contribution in [0.1, 0.15) is 51.4 Å². The molecule has 3 fully saturated rings. The normalized spacial score (nSPS) is 31.0. The van der Waals surface area contributed by atoms with Gasteiger partial charge in [0, 0.05) is 13.1 Å². The Morgan fingerprint density at radius 1 is 1.00 bits per heavy atom. The van der Waals surface area contributed by atoms with Gasteiger partial charge in [-0.15, -0.1) is 0 Å². The lowest BCUT2D eigenvalue weighted by Gasteiger charge is -2.44. The molecule has 3 aliphatic rings. The van der Waals surface area contributed by atoms with Crippen molar-refractivity contribution in [2.75, 3.05) is 32.9 Å². The van der Waals surface area contributed by atoms with Gasteiger partial charge >= 0.3 is 0 Å². The van der Waals surface area contributed by atoms with Gasteiger partial charge in [0.15, 0.2) is 6.10 Å². The van der Waals surface area contributed by atoms with E-state index in [0.29, 0.717) is 25.2 Å². The summed E-state index contributed by atoms with van der Waals surface area (Å²) in [4.78, 5) is 14.6. The van der Waals surface area contributed by atoms with Gasteiger partial charge in [0.2, 0.25) is 0 Å². The largest absolute Gasteiger partial charge is 0.376 e. The number of piperidine rings is 1. The van der Waals surface area contributed by atoms with E-state index in [0.717, 1.165) is 19.5 Å². The molecule has 0 bridgehead atoms. The van der Waals surface area contributed by atoms with E-state index < -0.39 is 0 Å². The first-order valence-corrected chi connectivity index (χ1v) is 8.27. The molecule has 0 aromatic heterocycles. The summed E-state index contributed by atoms with van der Waals surface area (Å²) in [5.74, 6) is 0.160. The zero-order valence-electron chi connectivity index (χ0n) is 12.4. The summed E-state index contributed by atoms with van der Waals surface area (Å²) in [7, 11) is 0. The van der Waals surface area contributed by atoms with Crippen molar-refractivity contribution >= 4 is 5.91 Å². The summed E-state index contributed by atoms with van der Waals surface area (Å²) < 4.78 is 11.0.